The third kappa shape index (κ3) is 1.63. The topological polar surface area (TPSA) is 67.6 Å². The molecule has 0 amide bonds. The molecule has 0 bridgehead atoms. The molecule has 1 fully saturated rings. The molecule has 0 aromatic carbocycles. The Kier molecular flexibility index (Phi) is 2.40. The number of imidazole rings is 1. The molecule has 1 aliphatic rings. The number of aryl methyl sites for hydroxylation is 1. The van der Waals surface area contributed by atoms with E-state index in [-0.39, 0.29) is 5.41 Å². The zero-order valence-corrected chi connectivity index (χ0v) is 10.2. The molecule has 0 spiro atoms. The molecule has 4 heteroatoms. The predicted molar refractivity (Wildman–Crippen MR) is 67.8 cm³/mol. The van der Waals surface area contributed by atoms with E-state index in [0.717, 1.165) is 35.5 Å². The van der Waals surface area contributed by atoms with Crippen LogP contribution in [0.4, 0.5) is 0 Å². The van der Waals surface area contributed by atoms with E-state index in [0.29, 0.717) is 6.54 Å². The van der Waals surface area contributed by atoms with Gasteiger partial charge >= 0.3 is 0 Å². The van der Waals surface area contributed by atoms with Gasteiger partial charge in [-0.2, -0.15) is 0 Å². The Morgan fingerprint density at radius 3 is 2.76 bits per heavy atom. The van der Waals surface area contributed by atoms with Crippen molar-refractivity contribution in [2.24, 2.45) is 5.73 Å². The average molecular weight is 230 g/mol. The minimum absolute atomic E-state index is 0.0641. The van der Waals surface area contributed by atoms with Crippen molar-refractivity contribution in [2.45, 2.75) is 38.0 Å². The molecular weight excluding hydrogens is 212 g/mol. The summed E-state index contributed by atoms with van der Waals surface area (Å²) in [5, 5.41) is 0. The largest absolute Gasteiger partial charge is 0.340 e. The van der Waals surface area contributed by atoms with Crippen LogP contribution in [0.1, 0.15) is 37.2 Å². The van der Waals surface area contributed by atoms with Gasteiger partial charge < -0.3 is 10.7 Å². The maximum Gasteiger partial charge on any atom is 0.177 e. The molecule has 0 aliphatic heterocycles. The zero-order chi connectivity index (χ0) is 11.9. The third-order valence-electron chi connectivity index (χ3n) is 3.94. The lowest BCUT2D eigenvalue weighted by Gasteiger charge is -2.24. The van der Waals surface area contributed by atoms with Gasteiger partial charge in [-0.1, -0.05) is 12.8 Å². The standard InChI is InChI=1S/C13H18N4/c1-9-4-5-10-11(15-9)17-12(16-10)13(8-14)6-2-3-7-13/h4-5H,2-3,6-8,14H2,1H3,(H,15,16,17). The Bertz CT molecular complexity index is 537. The number of pyridine rings is 1. The summed E-state index contributed by atoms with van der Waals surface area (Å²) in [5.74, 6) is 1.03. The molecule has 2 heterocycles. The fourth-order valence-corrected chi connectivity index (χ4v) is 2.83. The van der Waals surface area contributed by atoms with E-state index >= 15 is 0 Å². The van der Waals surface area contributed by atoms with Gasteiger partial charge in [0, 0.05) is 17.7 Å². The van der Waals surface area contributed by atoms with Crippen LogP contribution in [0.5, 0.6) is 0 Å². The van der Waals surface area contributed by atoms with Crippen molar-refractivity contribution < 1.29 is 0 Å². The van der Waals surface area contributed by atoms with Crippen LogP contribution in [0, 0.1) is 6.92 Å². The van der Waals surface area contributed by atoms with Crippen LogP contribution in [-0.2, 0) is 5.41 Å². The highest BCUT2D eigenvalue weighted by molar-refractivity contribution is 5.70. The second-order valence-corrected chi connectivity index (χ2v) is 5.10. The van der Waals surface area contributed by atoms with Crippen molar-refractivity contribution in [1.29, 1.82) is 0 Å². The lowest BCUT2D eigenvalue weighted by atomic mass is 9.85. The molecule has 1 aliphatic carbocycles. The molecule has 0 atom stereocenters. The van der Waals surface area contributed by atoms with E-state index in [1.54, 1.807) is 0 Å². The van der Waals surface area contributed by atoms with Gasteiger partial charge in [-0.15, -0.1) is 0 Å². The summed E-state index contributed by atoms with van der Waals surface area (Å²) in [6.07, 6.45) is 4.78. The summed E-state index contributed by atoms with van der Waals surface area (Å²) in [4.78, 5) is 12.5. The number of nitrogens with two attached hydrogens (primary N) is 1. The maximum absolute atomic E-state index is 5.97. The second kappa shape index (κ2) is 3.81. The van der Waals surface area contributed by atoms with E-state index < -0.39 is 0 Å². The van der Waals surface area contributed by atoms with Crippen LogP contribution in [0.25, 0.3) is 11.2 Å². The van der Waals surface area contributed by atoms with Gasteiger partial charge in [0.05, 0.1) is 5.52 Å². The number of aromatic nitrogens is 3. The average Bonchev–Trinajstić information content (AvgIpc) is 2.94. The minimum Gasteiger partial charge on any atom is -0.340 e. The lowest BCUT2D eigenvalue weighted by molar-refractivity contribution is 0.429. The summed E-state index contributed by atoms with van der Waals surface area (Å²) >= 11 is 0. The SMILES string of the molecule is Cc1ccc2[nH]c(C3(CN)CCCC3)nc2n1. The Morgan fingerprint density at radius 2 is 2.06 bits per heavy atom. The van der Waals surface area contributed by atoms with Gasteiger partial charge in [0.1, 0.15) is 5.82 Å². The van der Waals surface area contributed by atoms with E-state index in [1.165, 1.54) is 12.8 Å². The summed E-state index contributed by atoms with van der Waals surface area (Å²) in [6, 6.07) is 4.06. The van der Waals surface area contributed by atoms with Crippen molar-refractivity contribution in [2.75, 3.05) is 6.54 Å². The molecule has 0 radical (unpaired) electrons. The van der Waals surface area contributed by atoms with Gasteiger partial charge in [-0.3, -0.25) is 0 Å². The summed E-state index contributed by atoms with van der Waals surface area (Å²) in [7, 11) is 0. The van der Waals surface area contributed by atoms with Gasteiger partial charge in [-0.05, 0) is 31.9 Å². The first-order chi connectivity index (χ1) is 8.23. The Labute approximate surface area is 101 Å². The number of hydrogen-bond acceptors (Lipinski definition) is 3. The molecule has 17 heavy (non-hydrogen) atoms. The molecular formula is C13H18N4. The summed E-state index contributed by atoms with van der Waals surface area (Å²) in [6.45, 7) is 2.66. The quantitative estimate of drug-likeness (QED) is 0.829. The molecule has 3 rings (SSSR count). The first-order valence-corrected chi connectivity index (χ1v) is 6.27. The molecule has 0 saturated heterocycles. The molecule has 4 nitrogen and oxygen atoms in total. The first kappa shape index (κ1) is 10.7. The lowest BCUT2D eigenvalue weighted by Crippen LogP contribution is -2.33. The summed E-state index contributed by atoms with van der Waals surface area (Å²) in [5.41, 5.74) is 8.88. The van der Waals surface area contributed by atoms with E-state index in [2.05, 4.69) is 15.0 Å². The van der Waals surface area contributed by atoms with Crippen molar-refractivity contribution >= 4 is 11.2 Å². The molecule has 0 unspecified atom stereocenters. The van der Waals surface area contributed by atoms with Crippen LogP contribution in [0.15, 0.2) is 12.1 Å². The number of nitrogens with zero attached hydrogens (tertiary/aromatic N) is 2. The number of aromatic amines is 1. The number of rotatable bonds is 2. The smallest absolute Gasteiger partial charge is 0.177 e. The van der Waals surface area contributed by atoms with E-state index in [4.69, 9.17) is 5.73 Å². The Balaban J connectivity index is 2.11. The molecule has 2 aromatic heterocycles. The predicted octanol–water partition coefficient (Wildman–Crippen LogP) is 2.04. The number of H-pyrrole nitrogens is 1. The number of fused-ring (bicyclic) bond motifs is 1. The molecule has 3 N–H and O–H groups in total. The molecule has 1 saturated carbocycles. The second-order valence-electron chi connectivity index (χ2n) is 5.10. The van der Waals surface area contributed by atoms with Crippen LogP contribution >= 0.6 is 0 Å². The highest BCUT2D eigenvalue weighted by Crippen LogP contribution is 2.39. The number of hydrogen-bond donors (Lipinski definition) is 2. The molecule has 2 aromatic rings. The normalized spacial score (nSPS) is 18.9. The number of nitrogens with one attached hydrogen (secondary N) is 1. The van der Waals surface area contributed by atoms with E-state index in [9.17, 15) is 0 Å². The third-order valence-corrected chi connectivity index (χ3v) is 3.94. The Morgan fingerprint density at radius 1 is 1.29 bits per heavy atom. The maximum atomic E-state index is 5.97. The fraction of sp³-hybridized carbons (Fsp3) is 0.538. The zero-order valence-electron chi connectivity index (χ0n) is 10.2. The van der Waals surface area contributed by atoms with Crippen LogP contribution in [0.3, 0.4) is 0 Å². The van der Waals surface area contributed by atoms with Crippen molar-refractivity contribution in [3.63, 3.8) is 0 Å². The van der Waals surface area contributed by atoms with Crippen molar-refractivity contribution in [3.8, 4) is 0 Å². The first-order valence-electron chi connectivity index (χ1n) is 6.27. The van der Waals surface area contributed by atoms with Gasteiger partial charge in [0.2, 0.25) is 0 Å². The van der Waals surface area contributed by atoms with Crippen LogP contribution < -0.4 is 5.73 Å². The highest BCUT2D eigenvalue weighted by atomic mass is 15.0. The van der Waals surface area contributed by atoms with Crippen LogP contribution in [-0.4, -0.2) is 21.5 Å². The fourth-order valence-electron chi connectivity index (χ4n) is 2.83. The van der Waals surface area contributed by atoms with Gasteiger partial charge in [0.25, 0.3) is 0 Å². The minimum atomic E-state index is 0.0641. The van der Waals surface area contributed by atoms with Crippen molar-refractivity contribution in [3.05, 3.63) is 23.7 Å². The van der Waals surface area contributed by atoms with Gasteiger partial charge in [-0.25, -0.2) is 9.97 Å². The summed E-state index contributed by atoms with van der Waals surface area (Å²) < 4.78 is 0. The molecule has 90 valence electrons. The van der Waals surface area contributed by atoms with Crippen molar-refractivity contribution in [1.82, 2.24) is 15.0 Å². The highest BCUT2D eigenvalue weighted by Gasteiger charge is 2.37. The van der Waals surface area contributed by atoms with Crippen LogP contribution in [0.2, 0.25) is 0 Å². The monoisotopic (exact) mass is 230 g/mol. The van der Waals surface area contributed by atoms with E-state index in [1.807, 2.05) is 19.1 Å². The van der Waals surface area contributed by atoms with Gasteiger partial charge in [0.15, 0.2) is 5.65 Å². The Hall–Kier alpha value is -1.42.